The summed E-state index contributed by atoms with van der Waals surface area (Å²) in [6.45, 7) is 1.33. The zero-order valence-corrected chi connectivity index (χ0v) is 14.8. The number of para-hydroxylation sites is 1. The molecular formula is C21H22N2O3. The SMILES string of the molecule is COc1ccc(-c2[nH]c3ccccc3c2CCC(=O)N2CCCO2)cc1. The first-order valence-corrected chi connectivity index (χ1v) is 8.93. The number of ether oxygens (including phenoxy) is 1. The molecule has 1 aliphatic rings. The van der Waals surface area contributed by atoms with E-state index in [9.17, 15) is 4.79 Å². The summed E-state index contributed by atoms with van der Waals surface area (Å²) in [5, 5.41) is 2.66. The molecule has 0 radical (unpaired) electrons. The maximum atomic E-state index is 12.4. The average Bonchev–Trinajstić information content (AvgIpc) is 3.34. The molecule has 26 heavy (non-hydrogen) atoms. The Balaban J connectivity index is 1.65. The predicted octanol–water partition coefficient (Wildman–Crippen LogP) is 3.94. The van der Waals surface area contributed by atoms with Crippen LogP contribution >= 0.6 is 0 Å². The van der Waals surface area contributed by atoms with Gasteiger partial charge in [-0.25, -0.2) is 5.06 Å². The fraction of sp³-hybridized carbons (Fsp3) is 0.286. The molecule has 1 amide bonds. The third-order valence-electron chi connectivity index (χ3n) is 4.81. The Labute approximate surface area is 152 Å². The number of H-pyrrole nitrogens is 1. The van der Waals surface area contributed by atoms with Gasteiger partial charge in [-0.1, -0.05) is 18.2 Å². The lowest BCUT2D eigenvalue weighted by atomic mass is 10.0. The highest BCUT2D eigenvalue weighted by Gasteiger charge is 2.21. The van der Waals surface area contributed by atoms with Crippen molar-refractivity contribution < 1.29 is 14.4 Å². The second-order valence-electron chi connectivity index (χ2n) is 6.44. The average molecular weight is 350 g/mol. The summed E-state index contributed by atoms with van der Waals surface area (Å²) in [4.78, 5) is 21.3. The number of benzene rings is 2. The van der Waals surface area contributed by atoms with E-state index in [1.807, 2.05) is 36.4 Å². The van der Waals surface area contributed by atoms with Crippen molar-refractivity contribution in [1.29, 1.82) is 0 Å². The number of hydrogen-bond acceptors (Lipinski definition) is 3. The molecule has 1 aliphatic heterocycles. The van der Waals surface area contributed by atoms with E-state index in [2.05, 4.69) is 17.1 Å². The molecule has 0 bridgehead atoms. The van der Waals surface area contributed by atoms with E-state index < -0.39 is 0 Å². The third kappa shape index (κ3) is 3.18. The summed E-state index contributed by atoms with van der Waals surface area (Å²) in [6.07, 6.45) is 2.02. The van der Waals surface area contributed by atoms with E-state index in [0.29, 0.717) is 26.0 Å². The quantitative estimate of drug-likeness (QED) is 0.758. The zero-order valence-electron chi connectivity index (χ0n) is 14.8. The van der Waals surface area contributed by atoms with Gasteiger partial charge in [0.25, 0.3) is 0 Å². The Bertz CT molecular complexity index is 909. The van der Waals surface area contributed by atoms with Gasteiger partial charge in [0, 0.05) is 23.0 Å². The van der Waals surface area contributed by atoms with Crippen LogP contribution in [-0.2, 0) is 16.1 Å². The molecule has 0 atom stereocenters. The normalized spacial score (nSPS) is 14.1. The highest BCUT2D eigenvalue weighted by atomic mass is 16.7. The van der Waals surface area contributed by atoms with Gasteiger partial charge in [-0.2, -0.15) is 0 Å². The number of carbonyl (C=O) groups excluding carboxylic acids is 1. The summed E-state index contributed by atoms with van der Waals surface area (Å²) in [5.74, 6) is 0.876. The molecule has 0 aliphatic carbocycles. The zero-order chi connectivity index (χ0) is 17.9. The van der Waals surface area contributed by atoms with Crippen molar-refractivity contribution in [3.63, 3.8) is 0 Å². The molecule has 5 heteroatoms. The molecule has 5 nitrogen and oxygen atoms in total. The first-order valence-electron chi connectivity index (χ1n) is 8.93. The summed E-state index contributed by atoms with van der Waals surface area (Å²) in [7, 11) is 1.66. The Morgan fingerprint density at radius 3 is 2.73 bits per heavy atom. The molecule has 1 N–H and O–H groups in total. The number of nitrogens with zero attached hydrogens (tertiary/aromatic N) is 1. The van der Waals surface area contributed by atoms with Gasteiger partial charge < -0.3 is 9.72 Å². The number of hydroxylamine groups is 2. The number of fused-ring (bicyclic) bond motifs is 1. The standard InChI is InChI=1S/C21H22N2O3/c1-25-16-9-7-15(8-10-16)21-18(17-5-2-3-6-19(17)22-21)11-12-20(24)23-13-4-14-26-23/h2-3,5-10,22H,4,11-14H2,1H3. The van der Waals surface area contributed by atoms with Crippen LogP contribution in [0.3, 0.4) is 0 Å². The highest BCUT2D eigenvalue weighted by Crippen LogP contribution is 2.32. The van der Waals surface area contributed by atoms with Crippen LogP contribution in [0.4, 0.5) is 0 Å². The molecule has 134 valence electrons. The van der Waals surface area contributed by atoms with Crippen LogP contribution in [0.15, 0.2) is 48.5 Å². The van der Waals surface area contributed by atoms with Crippen molar-refractivity contribution in [2.24, 2.45) is 0 Å². The first-order chi connectivity index (χ1) is 12.8. The molecule has 2 aromatic carbocycles. The number of hydrogen-bond donors (Lipinski definition) is 1. The Morgan fingerprint density at radius 1 is 1.19 bits per heavy atom. The molecule has 1 fully saturated rings. The molecule has 0 saturated carbocycles. The maximum Gasteiger partial charge on any atom is 0.246 e. The lowest BCUT2D eigenvalue weighted by Gasteiger charge is -2.14. The number of rotatable bonds is 5. The largest absolute Gasteiger partial charge is 0.497 e. The van der Waals surface area contributed by atoms with Gasteiger partial charge in [-0.3, -0.25) is 9.63 Å². The van der Waals surface area contributed by atoms with Gasteiger partial charge >= 0.3 is 0 Å². The van der Waals surface area contributed by atoms with Crippen LogP contribution in [0.25, 0.3) is 22.2 Å². The van der Waals surface area contributed by atoms with Gasteiger partial charge in [0.05, 0.1) is 20.3 Å². The van der Waals surface area contributed by atoms with E-state index in [-0.39, 0.29) is 5.91 Å². The van der Waals surface area contributed by atoms with E-state index in [0.717, 1.165) is 34.3 Å². The Hall–Kier alpha value is -2.79. The van der Waals surface area contributed by atoms with Crippen molar-refractivity contribution in [2.45, 2.75) is 19.3 Å². The van der Waals surface area contributed by atoms with E-state index in [1.54, 1.807) is 7.11 Å². The van der Waals surface area contributed by atoms with E-state index >= 15 is 0 Å². The fourth-order valence-electron chi connectivity index (χ4n) is 3.46. The van der Waals surface area contributed by atoms with Gasteiger partial charge in [-0.05, 0) is 54.3 Å². The van der Waals surface area contributed by atoms with Crippen LogP contribution < -0.4 is 4.74 Å². The maximum absolute atomic E-state index is 12.4. The minimum absolute atomic E-state index is 0.0495. The van der Waals surface area contributed by atoms with E-state index in [4.69, 9.17) is 9.57 Å². The van der Waals surface area contributed by atoms with Gasteiger partial charge in [0.15, 0.2) is 0 Å². The Kier molecular flexibility index (Phi) is 4.63. The highest BCUT2D eigenvalue weighted by molar-refractivity contribution is 5.91. The van der Waals surface area contributed by atoms with Gasteiger partial charge in [0.2, 0.25) is 5.91 Å². The number of amides is 1. The second kappa shape index (κ2) is 7.22. The summed E-state index contributed by atoms with van der Waals surface area (Å²) in [5.41, 5.74) is 4.39. The molecule has 4 rings (SSSR count). The number of aryl methyl sites for hydroxylation is 1. The number of aromatic nitrogens is 1. The Morgan fingerprint density at radius 2 is 2.00 bits per heavy atom. The molecule has 1 aromatic heterocycles. The van der Waals surface area contributed by atoms with E-state index in [1.165, 1.54) is 10.6 Å². The summed E-state index contributed by atoms with van der Waals surface area (Å²) >= 11 is 0. The van der Waals surface area contributed by atoms with Gasteiger partial charge in [-0.15, -0.1) is 0 Å². The van der Waals surface area contributed by atoms with Crippen molar-refractivity contribution >= 4 is 16.8 Å². The van der Waals surface area contributed by atoms with Crippen LogP contribution in [0, 0.1) is 0 Å². The van der Waals surface area contributed by atoms with Crippen molar-refractivity contribution in [3.8, 4) is 17.0 Å². The topological polar surface area (TPSA) is 54.6 Å². The van der Waals surface area contributed by atoms with Crippen molar-refractivity contribution in [2.75, 3.05) is 20.3 Å². The van der Waals surface area contributed by atoms with Crippen LogP contribution in [0.2, 0.25) is 0 Å². The molecule has 0 unspecified atom stereocenters. The molecule has 3 aromatic rings. The monoisotopic (exact) mass is 350 g/mol. The number of methoxy groups -OCH3 is 1. The number of nitrogens with one attached hydrogen (secondary N) is 1. The molecule has 2 heterocycles. The number of carbonyl (C=O) groups is 1. The predicted molar refractivity (Wildman–Crippen MR) is 101 cm³/mol. The van der Waals surface area contributed by atoms with Gasteiger partial charge in [0.1, 0.15) is 5.75 Å². The fourth-order valence-corrected chi connectivity index (χ4v) is 3.46. The minimum Gasteiger partial charge on any atom is -0.497 e. The molecule has 1 saturated heterocycles. The van der Waals surface area contributed by atoms with Crippen LogP contribution in [-0.4, -0.2) is 36.2 Å². The smallest absolute Gasteiger partial charge is 0.246 e. The van der Waals surface area contributed by atoms with Crippen LogP contribution in [0.1, 0.15) is 18.4 Å². The lowest BCUT2D eigenvalue weighted by molar-refractivity contribution is -0.168. The molecule has 0 spiro atoms. The van der Waals surface area contributed by atoms with Crippen molar-refractivity contribution in [3.05, 3.63) is 54.1 Å². The third-order valence-corrected chi connectivity index (χ3v) is 4.81. The summed E-state index contributed by atoms with van der Waals surface area (Å²) in [6, 6.07) is 16.2. The lowest BCUT2D eigenvalue weighted by Crippen LogP contribution is -2.26. The number of aromatic amines is 1. The summed E-state index contributed by atoms with van der Waals surface area (Å²) < 4.78 is 5.26. The van der Waals surface area contributed by atoms with Crippen LogP contribution in [0.5, 0.6) is 5.75 Å². The van der Waals surface area contributed by atoms with Crippen molar-refractivity contribution in [1.82, 2.24) is 10.0 Å². The second-order valence-corrected chi connectivity index (χ2v) is 6.44. The first kappa shape index (κ1) is 16.7. The minimum atomic E-state index is 0.0495. The molecular weight excluding hydrogens is 328 g/mol.